The van der Waals surface area contributed by atoms with Gasteiger partial charge in [-0.1, -0.05) is 12.1 Å². The summed E-state index contributed by atoms with van der Waals surface area (Å²) in [4.78, 5) is 27.4. The number of halogens is 2. The van der Waals surface area contributed by atoms with Crippen molar-refractivity contribution in [2.45, 2.75) is 13.5 Å². The van der Waals surface area contributed by atoms with E-state index in [0.717, 1.165) is 6.07 Å². The Bertz CT molecular complexity index is 917. The number of nitrogens with one attached hydrogen (secondary N) is 1. The molecule has 7 nitrogen and oxygen atoms in total. The van der Waals surface area contributed by atoms with Crippen LogP contribution in [0.4, 0.5) is 19.3 Å². The van der Waals surface area contributed by atoms with Gasteiger partial charge in [0.05, 0.1) is 25.4 Å². The van der Waals surface area contributed by atoms with Gasteiger partial charge in [-0.25, -0.2) is 19.4 Å². The van der Waals surface area contributed by atoms with Gasteiger partial charge >= 0.3 is 6.03 Å². The highest BCUT2D eigenvalue weighted by molar-refractivity contribution is 5.94. The molecule has 1 heterocycles. The van der Waals surface area contributed by atoms with E-state index in [9.17, 15) is 18.4 Å². The van der Waals surface area contributed by atoms with E-state index in [1.54, 1.807) is 13.0 Å². The molecule has 2 aromatic carbocycles. The third-order valence-corrected chi connectivity index (χ3v) is 4.68. The van der Waals surface area contributed by atoms with Crippen molar-refractivity contribution < 1.29 is 23.1 Å². The minimum Gasteiger partial charge on any atom is -0.378 e. The number of carbonyl (C=O) groups excluding carboxylic acids is 2. The first-order chi connectivity index (χ1) is 13.9. The minimum absolute atomic E-state index is 0.0429. The van der Waals surface area contributed by atoms with Crippen molar-refractivity contribution >= 4 is 17.6 Å². The number of aryl methyl sites for hydroxylation is 1. The molecule has 0 radical (unpaired) electrons. The van der Waals surface area contributed by atoms with E-state index in [0.29, 0.717) is 31.9 Å². The number of nitrogens with two attached hydrogens (primary N) is 1. The Hall–Kier alpha value is -3.04. The topological polar surface area (TPSA) is 87.9 Å². The maximum atomic E-state index is 14.6. The molecule has 0 aromatic heterocycles. The molecule has 29 heavy (non-hydrogen) atoms. The Morgan fingerprint density at radius 3 is 2.48 bits per heavy atom. The molecule has 0 aliphatic carbocycles. The monoisotopic (exact) mass is 404 g/mol. The molecule has 1 aliphatic rings. The smallest absolute Gasteiger partial charge is 0.325 e. The second-order valence-corrected chi connectivity index (χ2v) is 6.70. The van der Waals surface area contributed by atoms with Gasteiger partial charge in [-0.05, 0) is 36.8 Å². The summed E-state index contributed by atoms with van der Waals surface area (Å²) < 4.78 is 34.5. The molecule has 154 valence electrons. The molecular formula is C20H22F2N4O3. The molecule has 9 heteroatoms. The third kappa shape index (κ3) is 4.69. The van der Waals surface area contributed by atoms with Gasteiger partial charge in [0.15, 0.2) is 0 Å². The van der Waals surface area contributed by atoms with Crippen molar-refractivity contribution in [2.75, 3.05) is 31.2 Å². The highest BCUT2D eigenvalue weighted by Gasteiger charge is 2.27. The van der Waals surface area contributed by atoms with Crippen LogP contribution in [0.25, 0.3) is 0 Å². The van der Waals surface area contributed by atoms with Crippen LogP contribution in [0.2, 0.25) is 0 Å². The van der Waals surface area contributed by atoms with Crippen LogP contribution in [0.3, 0.4) is 0 Å². The van der Waals surface area contributed by atoms with Crippen molar-refractivity contribution in [1.82, 2.24) is 10.3 Å². The third-order valence-electron chi connectivity index (χ3n) is 4.68. The fourth-order valence-corrected chi connectivity index (χ4v) is 3.08. The van der Waals surface area contributed by atoms with E-state index >= 15 is 0 Å². The lowest BCUT2D eigenvalue weighted by Crippen LogP contribution is -2.48. The zero-order valence-corrected chi connectivity index (χ0v) is 16.0. The summed E-state index contributed by atoms with van der Waals surface area (Å²) in [5.41, 5.74) is 2.87. The predicted molar refractivity (Wildman–Crippen MR) is 103 cm³/mol. The lowest BCUT2D eigenvalue weighted by atomic mass is 10.1. The van der Waals surface area contributed by atoms with Crippen LogP contribution in [0.5, 0.6) is 0 Å². The summed E-state index contributed by atoms with van der Waals surface area (Å²) in [5.74, 6) is 3.16. The number of carbonyl (C=O) groups is 2. The minimum atomic E-state index is -0.696. The Morgan fingerprint density at radius 2 is 1.86 bits per heavy atom. The number of anilines is 1. The van der Waals surface area contributed by atoms with E-state index in [-0.39, 0.29) is 23.4 Å². The lowest BCUT2D eigenvalue weighted by molar-refractivity contribution is 0.0547. The second kappa shape index (κ2) is 8.97. The van der Waals surface area contributed by atoms with E-state index in [2.05, 4.69) is 0 Å². The Kier molecular flexibility index (Phi) is 6.40. The summed E-state index contributed by atoms with van der Waals surface area (Å²) in [6.07, 6.45) is 0. The number of ether oxygens (including phenoxy) is 1. The van der Waals surface area contributed by atoms with E-state index in [4.69, 9.17) is 10.6 Å². The largest absolute Gasteiger partial charge is 0.378 e. The van der Waals surface area contributed by atoms with Crippen LogP contribution in [0.15, 0.2) is 36.4 Å². The summed E-state index contributed by atoms with van der Waals surface area (Å²) >= 11 is 0. The molecule has 2 aromatic rings. The standard InChI is InChI=1S/C20H22F2N4O3/c1-13-2-5-18(17(22)10-13)26(20(28)25-6-8-29-9-7-25)12-15-4-3-14(11-16(15)21)19(27)24-23/h2-5,10-11H,6-9,12,23H2,1H3,(H,24,27). The molecule has 1 fully saturated rings. The van der Waals surface area contributed by atoms with Gasteiger partial charge in [0.1, 0.15) is 11.6 Å². The van der Waals surface area contributed by atoms with Crippen LogP contribution in [-0.4, -0.2) is 43.1 Å². The zero-order valence-electron chi connectivity index (χ0n) is 16.0. The van der Waals surface area contributed by atoms with Gasteiger partial charge < -0.3 is 9.64 Å². The van der Waals surface area contributed by atoms with Crippen molar-refractivity contribution in [2.24, 2.45) is 5.84 Å². The van der Waals surface area contributed by atoms with Crippen LogP contribution >= 0.6 is 0 Å². The molecule has 3 amide bonds. The number of urea groups is 1. The number of hydrogen-bond donors (Lipinski definition) is 2. The zero-order chi connectivity index (χ0) is 21.0. The molecule has 0 unspecified atom stereocenters. The molecule has 0 bridgehead atoms. The van der Waals surface area contributed by atoms with Crippen LogP contribution in [-0.2, 0) is 11.3 Å². The Balaban J connectivity index is 1.94. The highest BCUT2D eigenvalue weighted by Crippen LogP contribution is 2.25. The summed E-state index contributed by atoms with van der Waals surface area (Å²) in [5, 5.41) is 0. The Labute approximate surface area is 167 Å². The van der Waals surface area contributed by atoms with Crippen molar-refractivity contribution in [3.8, 4) is 0 Å². The first-order valence-corrected chi connectivity index (χ1v) is 9.10. The van der Waals surface area contributed by atoms with Crippen molar-refractivity contribution in [1.29, 1.82) is 0 Å². The fraction of sp³-hybridized carbons (Fsp3) is 0.300. The molecule has 0 saturated carbocycles. The highest BCUT2D eigenvalue weighted by atomic mass is 19.1. The lowest BCUT2D eigenvalue weighted by Gasteiger charge is -2.33. The molecule has 0 spiro atoms. The Morgan fingerprint density at radius 1 is 1.14 bits per heavy atom. The number of hydrazine groups is 1. The average molecular weight is 404 g/mol. The van der Waals surface area contributed by atoms with Gasteiger partial charge in [-0.15, -0.1) is 0 Å². The number of hydrogen-bond acceptors (Lipinski definition) is 4. The van der Waals surface area contributed by atoms with E-state index in [1.807, 2.05) is 5.43 Å². The summed E-state index contributed by atoms with van der Waals surface area (Å²) in [6.45, 7) is 3.02. The first-order valence-electron chi connectivity index (χ1n) is 9.10. The van der Waals surface area contributed by atoms with Crippen LogP contribution in [0, 0.1) is 18.6 Å². The summed E-state index contributed by atoms with van der Waals surface area (Å²) in [6, 6.07) is 7.86. The average Bonchev–Trinajstić information content (AvgIpc) is 2.73. The first kappa shape index (κ1) is 20.7. The predicted octanol–water partition coefficient (Wildman–Crippen LogP) is 2.34. The number of nitrogens with zero attached hydrogens (tertiary/aromatic N) is 2. The molecular weight excluding hydrogens is 382 g/mol. The fourth-order valence-electron chi connectivity index (χ4n) is 3.08. The van der Waals surface area contributed by atoms with Gasteiger partial charge in [0.25, 0.3) is 5.91 Å². The molecule has 1 saturated heterocycles. The number of amides is 3. The van der Waals surface area contributed by atoms with E-state index in [1.165, 1.54) is 34.1 Å². The van der Waals surface area contributed by atoms with Gasteiger partial charge in [-0.2, -0.15) is 0 Å². The van der Waals surface area contributed by atoms with Gasteiger partial charge in [0, 0.05) is 24.2 Å². The van der Waals surface area contributed by atoms with Gasteiger partial charge in [0.2, 0.25) is 0 Å². The maximum absolute atomic E-state index is 14.6. The quantitative estimate of drug-likeness (QED) is 0.465. The molecule has 1 aliphatic heterocycles. The van der Waals surface area contributed by atoms with Crippen molar-refractivity contribution in [3.05, 3.63) is 64.7 Å². The number of morpholine rings is 1. The molecule has 3 N–H and O–H groups in total. The van der Waals surface area contributed by atoms with E-state index < -0.39 is 23.6 Å². The molecule has 0 atom stereocenters. The number of nitrogen functional groups attached to an aromatic ring is 1. The SMILES string of the molecule is Cc1ccc(N(Cc2ccc(C(=O)NN)cc2F)C(=O)N2CCOCC2)c(F)c1. The molecule has 3 rings (SSSR count). The van der Waals surface area contributed by atoms with Crippen LogP contribution < -0.4 is 16.2 Å². The van der Waals surface area contributed by atoms with Crippen LogP contribution in [0.1, 0.15) is 21.5 Å². The van der Waals surface area contributed by atoms with Crippen molar-refractivity contribution in [3.63, 3.8) is 0 Å². The summed E-state index contributed by atoms with van der Waals surface area (Å²) in [7, 11) is 0. The second-order valence-electron chi connectivity index (χ2n) is 6.70. The number of benzene rings is 2. The normalized spacial score (nSPS) is 13.9. The van der Waals surface area contributed by atoms with Gasteiger partial charge in [-0.3, -0.25) is 15.1 Å². The number of rotatable bonds is 4. The maximum Gasteiger partial charge on any atom is 0.325 e.